The molecule has 0 unspecified atom stereocenters. The third-order valence-corrected chi connectivity index (χ3v) is 6.38. The van der Waals surface area contributed by atoms with Gasteiger partial charge in [-0.2, -0.15) is 10.2 Å². The molecule has 2 N–H and O–H groups in total. The zero-order valence-corrected chi connectivity index (χ0v) is 20.2. The zero-order valence-electron chi connectivity index (χ0n) is 19.5. The lowest BCUT2D eigenvalue weighted by atomic mass is 10.1. The van der Waals surface area contributed by atoms with Gasteiger partial charge in [0.2, 0.25) is 5.91 Å². The van der Waals surface area contributed by atoms with Crippen LogP contribution in [0.4, 0.5) is 5.69 Å². The highest BCUT2D eigenvalue weighted by atomic mass is 35.5. The smallest absolute Gasteiger partial charge is 0.261 e. The number of aromatic nitrogens is 5. The number of anilines is 1. The van der Waals surface area contributed by atoms with Gasteiger partial charge in [0.05, 0.1) is 19.0 Å². The Hall–Kier alpha value is -3.96. The zero-order chi connectivity index (χ0) is 25.2. The highest BCUT2D eigenvalue weighted by Crippen LogP contribution is 2.36. The van der Waals surface area contributed by atoms with Gasteiger partial charge in [-0.1, -0.05) is 11.6 Å². The number of benzene rings is 1. The van der Waals surface area contributed by atoms with Crippen LogP contribution >= 0.6 is 11.6 Å². The van der Waals surface area contributed by atoms with Crippen LogP contribution in [-0.4, -0.2) is 73.0 Å². The number of aliphatic hydroxyl groups excluding tert-OH is 1. The van der Waals surface area contributed by atoms with Crippen molar-refractivity contribution in [2.24, 2.45) is 5.92 Å². The van der Waals surface area contributed by atoms with E-state index in [1.54, 1.807) is 47.8 Å². The van der Waals surface area contributed by atoms with Crippen molar-refractivity contribution >= 4 is 34.7 Å². The lowest BCUT2D eigenvalue weighted by molar-refractivity contribution is -0.131. The van der Waals surface area contributed by atoms with Crippen LogP contribution < -0.4 is 10.1 Å². The topological polar surface area (TPSA) is 127 Å². The van der Waals surface area contributed by atoms with Crippen molar-refractivity contribution in [1.82, 2.24) is 29.3 Å². The van der Waals surface area contributed by atoms with Gasteiger partial charge in [0.25, 0.3) is 5.91 Å². The Morgan fingerprint density at radius 1 is 1.33 bits per heavy atom. The number of nitrogens with zero attached hydrogens (tertiary/aromatic N) is 6. The molecule has 5 rings (SSSR count). The highest BCUT2D eigenvalue weighted by Gasteiger charge is 2.27. The van der Waals surface area contributed by atoms with E-state index in [0.29, 0.717) is 46.5 Å². The summed E-state index contributed by atoms with van der Waals surface area (Å²) >= 11 is 6.25. The van der Waals surface area contributed by atoms with Gasteiger partial charge in [0.15, 0.2) is 5.65 Å². The largest absolute Gasteiger partial charge is 0.496 e. The van der Waals surface area contributed by atoms with E-state index in [4.69, 9.17) is 16.3 Å². The number of amides is 2. The molecule has 0 aliphatic carbocycles. The molecule has 1 atom stereocenters. The number of hydrogen-bond donors (Lipinski definition) is 2. The van der Waals surface area contributed by atoms with E-state index >= 15 is 0 Å². The number of hydrogen-bond acceptors (Lipinski definition) is 7. The number of aliphatic hydroxyl groups is 1. The molecular formula is C24H24ClN7O4. The van der Waals surface area contributed by atoms with Gasteiger partial charge in [-0.25, -0.2) is 9.50 Å². The van der Waals surface area contributed by atoms with Crippen LogP contribution in [0.3, 0.4) is 0 Å². The van der Waals surface area contributed by atoms with Crippen molar-refractivity contribution in [2.75, 3.05) is 32.1 Å². The first-order chi connectivity index (χ1) is 17.5. The third kappa shape index (κ3) is 4.62. The fourth-order valence-electron chi connectivity index (χ4n) is 4.28. The quantitative estimate of drug-likeness (QED) is 0.391. The van der Waals surface area contributed by atoms with Crippen molar-refractivity contribution in [3.63, 3.8) is 0 Å². The van der Waals surface area contributed by atoms with Crippen LogP contribution in [0.15, 0.2) is 49.1 Å². The molecule has 36 heavy (non-hydrogen) atoms. The van der Waals surface area contributed by atoms with Gasteiger partial charge in [-0.3, -0.25) is 14.3 Å². The van der Waals surface area contributed by atoms with Crippen LogP contribution in [0, 0.1) is 5.92 Å². The van der Waals surface area contributed by atoms with E-state index in [-0.39, 0.29) is 30.5 Å². The molecule has 3 aromatic heterocycles. The van der Waals surface area contributed by atoms with Crippen LogP contribution in [0.1, 0.15) is 16.8 Å². The SMILES string of the molecule is COc1ccc(Cl)cc1-c1nn(CC(=O)N2CC[C@H](CO)C2)cc1NC(=O)c1cnn2cccnc12. The number of halogens is 1. The average molecular weight is 510 g/mol. The van der Waals surface area contributed by atoms with E-state index in [9.17, 15) is 14.7 Å². The monoisotopic (exact) mass is 509 g/mol. The van der Waals surface area contributed by atoms with Gasteiger partial charge >= 0.3 is 0 Å². The summed E-state index contributed by atoms with van der Waals surface area (Å²) in [4.78, 5) is 32.1. The lowest BCUT2D eigenvalue weighted by Crippen LogP contribution is -2.32. The molecule has 11 nitrogen and oxygen atoms in total. The molecule has 0 saturated carbocycles. The Kier molecular flexibility index (Phi) is 6.57. The van der Waals surface area contributed by atoms with E-state index in [2.05, 4.69) is 20.5 Å². The number of fused-ring (bicyclic) bond motifs is 1. The molecule has 0 spiro atoms. The van der Waals surface area contributed by atoms with E-state index in [1.165, 1.54) is 22.5 Å². The van der Waals surface area contributed by atoms with Crippen molar-refractivity contribution in [1.29, 1.82) is 0 Å². The Labute approximate surface area is 211 Å². The third-order valence-electron chi connectivity index (χ3n) is 6.14. The van der Waals surface area contributed by atoms with Crippen molar-refractivity contribution < 1.29 is 19.4 Å². The number of rotatable bonds is 7. The summed E-state index contributed by atoms with van der Waals surface area (Å²) in [6.07, 6.45) is 7.09. The van der Waals surface area contributed by atoms with Gasteiger partial charge in [-0.15, -0.1) is 0 Å². The molecule has 1 saturated heterocycles. The maximum absolute atomic E-state index is 13.2. The standard InChI is InChI=1S/C24H24ClN7O4/c1-36-20-4-3-16(25)9-17(20)22-19(28-24(35)18-10-27-32-7-2-6-26-23(18)32)12-31(29-22)13-21(34)30-8-5-15(11-30)14-33/h2-4,6-7,9-10,12,15,33H,5,8,11,13-14H2,1H3,(H,28,35)/t15-/m0/s1. The van der Waals surface area contributed by atoms with Gasteiger partial charge in [0.1, 0.15) is 23.6 Å². The maximum Gasteiger partial charge on any atom is 0.261 e. The average Bonchev–Trinajstić information content (AvgIpc) is 3.62. The van der Waals surface area contributed by atoms with Crippen LogP contribution in [-0.2, 0) is 11.3 Å². The van der Waals surface area contributed by atoms with Gasteiger partial charge < -0.3 is 20.1 Å². The van der Waals surface area contributed by atoms with E-state index in [1.807, 2.05) is 0 Å². The summed E-state index contributed by atoms with van der Waals surface area (Å²) < 4.78 is 8.49. The van der Waals surface area contributed by atoms with E-state index < -0.39 is 5.91 Å². The normalized spacial score (nSPS) is 15.4. The molecular weight excluding hydrogens is 486 g/mol. The molecule has 1 aromatic carbocycles. The molecule has 12 heteroatoms. The molecule has 1 fully saturated rings. The summed E-state index contributed by atoms with van der Waals surface area (Å²) in [6, 6.07) is 6.81. The number of likely N-dealkylation sites (tertiary alicyclic amines) is 1. The minimum atomic E-state index is -0.429. The molecule has 0 bridgehead atoms. The molecule has 2 amide bonds. The molecule has 1 aliphatic rings. The summed E-state index contributed by atoms with van der Waals surface area (Å²) in [5, 5.41) is 21.5. The van der Waals surface area contributed by atoms with Crippen LogP contribution in [0.5, 0.6) is 5.75 Å². The summed E-state index contributed by atoms with van der Waals surface area (Å²) in [5.74, 6) is 0.0477. The first-order valence-electron chi connectivity index (χ1n) is 11.4. The Bertz CT molecular complexity index is 1430. The summed E-state index contributed by atoms with van der Waals surface area (Å²) in [6.45, 7) is 1.13. The van der Waals surface area contributed by atoms with Gasteiger partial charge in [0, 0.05) is 54.8 Å². The van der Waals surface area contributed by atoms with Crippen molar-refractivity contribution in [2.45, 2.75) is 13.0 Å². The van der Waals surface area contributed by atoms with E-state index in [0.717, 1.165) is 6.42 Å². The highest BCUT2D eigenvalue weighted by molar-refractivity contribution is 6.31. The Balaban J connectivity index is 1.48. The number of carbonyl (C=O) groups is 2. The predicted octanol–water partition coefficient (Wildman–Crippen LogP) is 2.35. The summed E-state index contributed by atoms with van der Waals surface area (Å²) in [5.41, 5.74) is 2.03. The number of ether oxygens (including phenoxy) is 1. The fourth-order valence-corrected chi connectivity index (χ4v) is 4.45. The van der Waals surface area contributed by atoms with Gasteiger partial charge in [-0.05, 0) is 30.7 Å². The number of carbonyl (C=O) groups excluding carboxylic acids is 2. The predicted molar refractivity (Wildman–Crippen MR) is 132 cm³/mol. The molecule has 0 radical (unpaired) electrons. The van der Waals surface area contributed by atoms with Crippen molar-refractivity contribution in [3.8, 4) is 17.0 Å². The molecule has 4 heterocycles. The minimum Gasteiger partial charge on any atom is -0.496 e. The van der Waals surface area contributed by atoms with Crippen LogP contribution in [0.25, 0.3) is 16.9 Å². The number of nitrogens with one attached hydrogen (secondary N) is 1. The lowest BCUT2D eigenvalue weighted by Gasteiger charge is -2.16. The second kappa shape index (κ2) is 9.96. The van der Waals surface area contributed by atoms with Crippen molar-refractivity contribution in [3.05, 3.63) is 59.6 Å². The minimum absolute atomic E-state index is 0.0256. The molecule has 186 valence electrons. The molecule has 4 aromatic rings. The second-order valence-electron chi connectivity index (χ2n) is 8.51. The summed E-state index contributed by atoms with van der Waals surface area (Å²) in [7, 11) is 1.53. The maximum atomic E-state index is 13.2. The fraction of sp³-hybridized carbons (Fsp3) is 0.292. The van der Waals surface area contributed by atoms with Crippen LogP contribution in [0.2, 0.25) is 5.02 Å². The first-order valence-corrected chi connectivity index (χ1v) is 11.7. The Morgan fingerprint density at radius 2 is 2.19 bits per heavy atom. The first kappa shape index (κ1) is 23.8. The number of methoxy groups -OCH3 is 1. The molecule has 1 aliphatic heterocycles. The second-order valence-corrected chi connectivity index (χ2v) is 8.95. The Morgan fingerprint density at radius 3 is 2.97 bits per heavy atom.